The zero-order valence-electron chi connectivity index (χ0n) is 73.2. The van der Waals surface area contributed by atoms with Gasteiger partial charge in [-0.25, -0.2) is 0 Å². The van der Waals surface area contributed by atoms with Gasteiger partial charge < -0.3 is 9.80 Å². The van der Waals surface area contributed by atoms with Crippen LogP contribution in [0.2, 0.25) is 0 Å². The highest BCUT2D eigenvalue weighted by molar-refractivity contribution is 7.26. The summed E-state index contributed by atoms with van der Waals surface area (Å²) in [6.07, 6.45) is 0. The first-order valence-corrected chi connectivity index (χ1v) is 47.1. The fourth-order valence-corrected chi connectivity index (χ4v) is 24.0. The number of anilines is 6. The molecule has 0 spiro atoms. The van der Waals surface area contributed by atoms with Crippen LogP contribution in [-0.2, 0) is 16.2 Å². The van der Waals surface area contributed by atoms with E-state index >= 15 is 0 Å². The van der Waals surface area contributed by atoms with Crippen LogP contribution in [0.15, 0.2) is 473 Å². The number of nitrogens with zero attached hydrogens (tertiary/aromatic N) is 2. The Bertz CT molecular complexity index is 8110. The third-order valence-corrected chi connectivity index (χ3v) is 30.5. The lowest BCUT2D eigenvalue weighted by Crippen LogP contribution is -2.28. The summed E-state index contributed by atoms with van der Waals surface area (Å²) >= 11 is 3.78. The molecule has 22 aromatic rings. The molecular formula is C127H90N2S2. The van der Waals surface area contributed by atoms with Crippen LogP contribution < -0.4 is 9.80 Å². The highest BCUT2D eigenvalue weighted by Crippen LogP contribution is 2.59. The SMILES string of the molecule is CC1(C)c2ccccc2-c2ccc(-c3cc(-c4ccc(N(c5ccc(-c6ccccc6)cc5)c5ccccc5-c5ccccc5)cc4)c4sc5ccccc5c4c3)cc21.CC1(C)c2ccccc2-c2ccc(N(c3ccc(-c4ccccc4)cc3)c3ccc(-c4cc(-c5ccc6c(c5)C(c5ccccc5)(c5ccccc5)c5ccccc5-6)cc5c4sc4ccccc45)cc3)cc21. The van der Waals surface area contributed by atoms with Crippen LogP contribution in [0.3, 0.4) is 0 Å². The minimum Gasteiger partial charge on any atom is -0.310 e. The Kier molecular flexibility index (Phi) is 19.3. The van der Waals surface area contributed by atoms with Gasteiger partial charge >= 0.3 is 0 Å². The van der Waals surface area contributed by atoms with Gasteiger partial charge in [0.15, 0.2) is 0 Å². The smallest absolute Gasteiger partial charge is 0.0713 e. The first-order chi connectivity index (χ1) is 64.5. The third-order valence-electron chi connectivity index (χ3n) is 28.1. The molecule has 3 aliphatic carbocycles. The molecule has 0 fully saturated rings. The van der Waals surface area contributed by atoms with Gasteiger partial charge in [0.25, 0.3) is 0 Å². The topological polar surface area (TPSA) is 6.48 Å². The number of para-hydroxylation sites is 1. The van der Waals surface area contributed by atoms with E-state index < -0.39 is 5.41 Å². The number of hydrogen-bond acceptors (Lipinski definition) is 4. The second kappa shape index (κ2) is 32.0. The maximum absolute atomic E-state index is 2.50. The molecule has 0 bridgehead atoms. The van der Waals surface area contributed by atoms with Gasteiger partial charge in [-0.3, -0.25) is 0 Å². The third kappa shape index (κ3) is 13.3. The first kappa shape index (κ1) is 78.9. The molecule has 0 atom stereocenters. The molecule has 620 valence electrons. The van der Waals surface area contributed by atoms with Crippen molar-refractivity contribution in [1.82, 2.24) is 0 Å². The van der Waals surface area contributed by atoms with Gasteiger partial charge in [-0.05, 0) is 254 Å². The summed E-state index contributed by atoms with van der Waals surface area (Å²) in [6.45, 7) is 9.46. The fourth-order valence-electron chi connectivity index (χ4n) is 21.6. The lowest BCUT2D eigenvalue weighted by Gasteiger charge is -2.34. The van der Waals surface area contributed by atoms with Crippen LogP contribution in [0.5, 0.6) is 0 Å². The van der Waals surface area contributed by atoms with Gasteiger partial charge in [-0.15, -0.1) is 22.7 Å². The van der Waals surface area contributed by atoms with Crippen molar-refractivity contribution >= 4 is 97.1 Å². The molecule has 0 N–H and O–H groups in total. The van der Waals surface area contributed by atoms with Gasteiger partial charge in [0.1, 0.15) is 0 Å². The summed E-state index contributed by atoms with van der Waals surface area (Å²) in [6, 6.07) is 175. The minimum absolute atomic E-state index is 0.0628. The Morgan fingerprint density at radius 1 is 0.176 bits per heavy atom. The molecule has 0 amide bonds. The average molecular weight is 1710 g/mol. The molecule has 4 heteroatoms. The molecule has 0 unspecified atom stereocenters. The quantitative estimate of drug-likeness (QED) is 0.101. The largest absolute Gasteiger partial charge is 0.310 e. The Morgan fingerprint density at radius 3 is 0.947 bits per heavy atom. The van der Waals surface area contributed by atoms with Crippen molar-refractivity contribution in [2.75, 3.05) is 9.80 Å². The Balaban J connectivity index is 0.000000148. The average Bonchev–Trinajstić information content (AvgIpc) is 1.54. The van der Waals surface area contributed by atoms with Crippen molar-refractivity contribution in [3.8, 4) is 111 Å². The van der Waals surface area contributed by atoms with Crippen molar-refractivity contribution in [2.24, 2.45) is 0 Å². The van der Waals surface area contributed by atoms with Crippen molar-refractivity contribution in [3.05, 3.63) is 518 Å². The van der Waals surface area contributed by atoms with E-state index in [-0.39, 0.29) is 10.8 Å². The van der Waals surface area contributed by atoms with Crippen LogP contribution >= 0.6 is 22.7 Å². The molecule has 2 heterocycles. The van der Waals surface area contributed by atoms with Crippen molar-refractivity contribution < 1.29 is 0 Å². The summed E-state index contributed by atoms with van der Waals surface area (Å²) in [5.41, 5.74) is 41.7. The Morgan fingerprint density at radius 2 is 0.481 bits per heavy atom. The van der Waals surface area contributed by atoms with Crippen LogP contribution in [0.4, 0.5) is 34.1 Å². The standard InChI is InChI=1S/C70H49NS.C57H41NS/c1-69(2)63-27-15-12-24-56(63)58-41-39-55(45-65(58)69)71(53-35-30-47(31-36-53)46-18-6-3-7-19-46)54-37-32-48(33-38-54)61-42-50(43-62-60-26-14-17-29-67(60)72-68(61)62)49-34-40-59-57-25-13-16-28-64(57)70(66(59)44-49,51-20-8-4-9-21-51)52-22-10-5-11-23-52;1-57(2)52-22-12-9-20-47(52)48-34-29-42(37-53(48)57)43-35-50(56-51(36-43)49-21-11-14-24-55(49)59-56)41-27-32-45(33-28-41)58(44-30-25-39(26-31-44)38-15-5-3-6-16-38)54-23-13-10-19-46(54)40-17-7-4-8-18-40/h3-45H,1-2H3;3-37H,1-2H3. The second-order valence-electron chi connectivity index (χ2n) is 36.1. The maximum atomic E-state index is 2.50. The molecule has 2 nitrogen and oxygen atoms in total. The molecular weight excluding hydrogens is 1620 g/mol. The summed E-state index contributed by atoms with van der Waals surface area (Å²) in [7, 11) is 0. The summed E-state index contributed by atoms with van der Waals surface area (Å²) < 4.78 is 5.23. The highest BCUT2D eigenvalue weighted by Gasteiger charge is 2.47. The summed E-state index contributed by atoms with van der Waals surface area (Å²) in [5, 5.41) is 5.20. The number of hydrogen-bond donors (Lipinski definition) is 0. The van der Waals surface area contributed by atoms with E-state index in [0.717, 1.165) is 34.1 Å². The van der Waals surface area contributed by atoms with Crippen LogP contribution in [-0.4, -0.2) is 0 Å². The van der Waals surface area contributed by atoms with E-state index in [9.17, 15) is 0 Å². The normalized spacial score (nSPS) is 13.2. The monoisotopic (exact) mass is 1710 g/mol. The lowest BCUT2D eigenvalue weighted by molar-refractivity contribution is 0.660. The van der Waals surface area contributed by atoms with E-state index in [0.29, 0.717) is 0 Å². The zero-order chi connectivity index (χ0) is 87.5. The van der Waals surface area contributed by atoms with Crippen LogP contribution in [0, 0.1) is 0 Å². The number of thiophene rings is 2. The van der Waals surface area contributed by atoms with E-state index in [1.807, 2.05) is 22.7 Å². The molecule has 20 aromatic carbocycles. The molecule has 25 rings (SSSR count). The van der Waals surface area contributed by atoms with Gasteiger partial charge in [-0.2, -0.15) is 0 Å². The van der Waals surface area contributed by atoms with Crippen LogP contribution in [0.1, 0.15) is 72.2 Å². The van der Waals surface area contributed by atoms with E-state index in [2.05, 4.69) is 511 Å². The molecule has 0 radical (unpaired) electrons. The van der Waals surface area contributed by atoms with E-state index in [1.165, 1.54) is 196 Å². The molecule has 2 aromatic heterocycles. The number of rotatable bonds is 15. The minimum atomic E-state index is -0.478. The predicted octanol–water partition coefficient (Wildman–Crippen LogP) is 35.7. The predicted molar refractivity (Wildman–Crippen MR) is 559 cm³/mol. The number of benzene rings is 20. The van der Waals surface area contributed by atoms with E-state index in [4.69, 9.17) is 0 Å². The Hall–Kier alpha value is -15.6. The fraction of sp³-hybridized carbons (Fsp3) is 0.0551. The van der Waals surface area contributed by atoms with Crippen molar-refractivity contribution in [1.29, 1.82) is 0 Å². The molecule has 131 heavy (non-hydrogen) atoms. The van der Waals surface area contributed by atoms with Gasteiger partial charge in [0.2, 0.25) is 0 Å². The maximum Gasteiger partial charge on any atom is 0.0713 e. The first-order valence-electron chi connectivity index (χ1n) is 45.5. The van der Waals surface area contributed by atoms with Crippen molar-refractivity contribution in [2.45, 2.75) is 43.9 Å². The van der Waals surface area contributed by atoms with Crippen LogP contribution in [0.25, 0.3) is 152 Å². The van der Waals surface area contributed by atoms with Gasteiger partial charge in [-0.1, -0.05) is 386 Å². The molecule has 3 aliphatic rings. The van der Waals surface area contributed by atoms with Crippen molar-refractivity contribution in [3.63, 3.8) is 0 Å². The Labute approximate surface area is 773 Å². The zero-order valence-corrected chi connectivity index (χ0v) is 74.9. The summed E-state index contributed by atoms with van der Waals surface area (Å²) in [4.78, 5) is 4.83. The van der Waals surface area contributed by atoms with E-state index in [1.54, 1.807) is 0 Å². The van der Waals surface area contributed by atoms with Gasteiger partial charge in [0, 0.05) is 96.3 Å². The highest BCUT2D eigenvalue weighted by atomic mass is 32.1. The number of fused-ring (bicyclic) bond motifs is 15. The second-order valence-corrected chi connectivity index (χ2v) is 38.2. The molecule has 0 saturated heterocycles. The lowest BCUT2D eigenvalue weighted by atomic mass is 9.67. The summed E-state index contributed by atoms with van der Waals surface area (Å²) in [5.74, 6) is 0. The molecule has 0 saturated carbocycles. The molecule has 0 aliphatic heterocycles. The van der Waals surface area contributed by atoms with Gasteiger partial charge in [0.05, 0.1) is 11.1 Å².